The van der Waals surface area contributed by atoms with Gasteiger partial charge in [0.1, 0.15) is 5.82 Å². The van der Waals surface area contributed by atoms with Crippen LogP contribution in [0.5, 0.6) is 5.88 Å². The van der Waals surface area contributed by atoms with Gasteiger partial charge in [-0.05, 0) is 20.8 Å². The Morgan fingerprint density at radius 1 is 1.45 bits per heavy atom. The standard InChI is InChI=1S/C13H21N2O3PS/c1-7-16-19(20,17-10(4)5)18-12-8-11(6)14-13(15-12)9(2)3/h8-9H,4,7H2,1-3,5-6H3. The molecular formula is C13H21N2O3PS. The average Bonchev–Trinajstić information content (AvgIpc) is 2.26. The minimum absolute atomic E-state index is 0.198. The van der Waals surface area contributed by atoms with Crippen LogP contribution in [0.2, 0.25) is 0 Å². The molecule has 0 fully saturated rings. The van der Waals surface area contributed by atoms with E-state index in [1.807, 2.05) is 27.7 Å². The van der Waals surface area contributed by atoms with Gasteiger partial charge in [-0.3, -0.25) is 4.52 Å². The second-order valence-corrected chi connectivity index (χ2v) is 7.47. The summed E-state index contributed by atoms with van der Waals surface area (Å²) in [6, 6.07) is 1.72. The van der Waals surface area contributed by atoms with Crippen molar-refractivity contribution in [3.8, 4) is 5.88 Å². The lowest BCUT2D eigenvalue weighted by atomic mass is 10.2. The lowest BCUT2D eigenvalue weighted by Crippen LogP contribution is -2.05. The Bertz CT molecular complexity index is 534. The van der Waals surface area contributed by atoms with E-state index in [0.29, 0.717) is 24.1 Å². The highest BCUT2D eigenvalue weighted by Gasteiger charge is 2.24. The van der Waals surface area contributed by atoms with Crippen LogP contribution in [0.15, 0.2) is 18.4 Å². The van der Waals surface area contributed by atoms with Gasteiger partial charge in [0.2, 0.25) is 5.88 Å². The lowest BCUT2D eigenvalue weighted by Gasteiger charge is -2.22. The number of aryl methyl sites for hydroxylation is 1. The van der Waals surface area contributed by atoms with Crippen LogP contribution in [-0.4, -0.2) is 16.6 Å². The molecule has 0 bridgehead atoms. The van der Waals surface area contributed by atoms with Crippen molar-refractivity contribution < 1.29 is 13.6 Å². The SMILES string of the molecule is C=C(C)OP(=S)(OCC)Oc1cc(C)nc(C(C)C)n1. The monoisotopic (exact) mass is 316 g/mol. The molecule has 0 aliphatic carbocycles. The molecule has 5 nitrogen and oxygen atoms in total. The van der Waals surface area contributed by atoms with Crippen molar-refractivity contribution in [1.82, 2.24) is 9.97 Å². The number of nitrogens with zero attached hydrogens (tertiary/aromatic N) is 2. The van der Waals surface area contributed by atoms with E-state index in [4.69, 9.17) is 25.4 Å². The van der Waals surface area contributed by atoms with Gasteiger partial charge in [0.15, 0.2) is 0 Å². The molecule has 0 saturated heterocycles. The summed E-state index contributed by atoms with van der Waals surface area (Å²) in [5.41, 5.74) is 0.812. The van der Waals surface area contributed by atoms with E-state index in [9.17, 15) is 0 Å². The molecule has 0 aromatic carbocycles. The second-order valence-electron chi connectivity index (χ2n) is 4.61. The molecule has 0 N–H and O–H groups in total. The Morgan fingerprint density at radius 2 is 2.10 bits per heavy atom. The highest BCUT2D eigenvalue weighted by atomic mass is 32.5. The Balaban J connectivity index is 3.05. The third kappa shape index (κ3) is 5.19. The molecule has 0 amide bonds. The first kappa shape index (κ1) is 17.1. The van der Waals surface area contributed by atoms with E-state index < -0.39 is 6.72 Å². The fourth-order valence-corrected chi connectivity index (χ4v) is 3.49. The topological polar surface area (TPSA) is 53.5 Å². The maximum atomic E-state index is 5.69. The fourth-order valence-electron chi connectivity index (χ4n) is 1.40. The molecule has 0 aliphatic rings. The van der Waals surface area contributed by atoms with E-state index in [2.05, 4.69) is 16.5 Å². The van der Waals surface area contributed by atoms with Crippen LogP contribution in [-0.2, 0) is 20.9 Å². The first-order chi connectivity index (χ1) is 9.25. The second kappa shape index (κ2) is 7.16. The molecule has 1 aromatic rings. The average molecular weight is 316 g/mol. The summed E-state index contributed by atoms with van der Waals surface area (Å²) in [5.74, 6) is 1.73. The first-order valence-electron chi connectivity index (χ1n) is 6.40. The molecule has 1 rings (SSSR count). The van der Waals surface area contributed by atoms with E-state index in [-0.39, 0.29) is 5.92 Å². The lowest BCUT2D eigenvalue weighted by molar-refractivity contribution is 0.245. The van der Waals surface area contributed by atoms with Gasteiger partial charge in [0.05, 0.1) is 12.4 Å². The minimum atomic E-state index is -2.92. The van der Waals surface area contributed by atoms with Crippen LogP contribution >= 0.6 is 6.72 Å². The van der Waals surface area contributed by atoms with Crippen LogP contribution in [0.25, 0.3) is 0 Å². The van der Waals surface area contributed by atoms with E-state index in [0.717, 1.165) is 5.69 Å². The van der Waals surface area contributed by atoms with Crippen LogP contribution < -0.4 is 4.52 Å². The van der Waals surface area contributed by atoms with Crippen LogP contribution in [0, 0.1) is 6.92 Å². The number of hydrogen-bond acceptors (Lipinski definition) is 6. The van der Waals surface area contributed by atoms with Gasteiger partial charge < -0.3 is 9.05 Å². The van der Waals surface area contributed by atoms with E-state index in [1.165, 1.54) is 0 Å². The van der Waals surface area contributed by atoms with Crippen molar-refractivity contribution in [3.05, 3.63) is 29.9 Å². The maximum absolute atomic E-state index is 5.69. The van der Waals surface area contributed by atoms with Crippen molar-refractivity contribution in [3.63, 3.8) is 0 Å². The van der Waals surface area contributed by atoms with Crippen LogP contribution in [0.1, 0.15) is 45.1 Å². The summed E-state index contributed by atoms with van der Waals surface area (Å²) in [7, 11) is 0. The van der Waals surface area contributed by atoms with Crippen molar-refractivity contribution in [1.29, 1.82) is 0 Å². The predicted octanol–water partition coefficient (Wildman–Crippen LogP) is 4.10. The third-order valence-corrected chi connectivity index (χ3v) is 4.41. The molecule has 112 valence electrons. The van der Waals surface area contributed by atoms with Gasteiger partial charge >= 0.3 is 6.72 Å². The van der Waals surface area contributed by atoms with Gasteiger partial charge in [-0.1, -0.05) is 20.4 Å². The van der Waals surface area contributed by atoms with Gasteiger partial charge in [-0.15, -0.1) is 0 Å². The van der Waals surface area contributed by atoms with Gasteiger partial charge in [0, 0.05) is 29.5 Å². The van der Waals surface area contributed by atoms with E-state index in [1.54, 1.807) is 13.0 Å². The Kier molecular flexibility index (Phi) is 6.11. The first-order valence-corrected chi connectivity index (χ1v) is 8.96. The molecular weight excluding hydrogens is 295 g/mol. The molecule has 0 saturated carbocycles. The summed E-state index contributed by atoms with van der Waals surface area (Å²) < 4.78 is 16.6. The van der Waals surface area contributed by atoms with Crippen molar-refractivity contribution in [2.24, 2.45) is 0 Å². The summed E-state index contributed by atoms with van der Waals surface area (Å²) in [6.07, 6.45) is 0. The Labute approximate surface area is 125 Å². The summed E-state index contributed by atoms with van der Waals surface area (Å²) >= 11 is 5.33. The fraction of sp³-hybridized carbons (Fsp3) is 0.538. The van der Waals surface area contributed by atoms with Crippen LogP contribution in [0.4, 0.5) is 0 Å². The number of aromatic nitrogens is 2. The van der Waals surface area contributed by atoms with Gasteiger partial charge in [0.25, 0.3) is 0 Å². The van der Waals surface area contributed by atoms with Crippen molar-refractivity contribution in [2.45, 2.75) is 40.5 Å². The van der Waals surface area contributed by atoms with Gasteiger partial charge in [-0.2, -0.15) is 4.98 Å². The van der Waals surface area contributed by atoms with Crippen LogP contribution in [0.3, 0.4) is 0 Å². The minimum Gasteiger partial charge on any atom is -0.421 e. The number of allylic oxidation sites excluding steroid dienone is 1. The molecule has 0 radical (unpaired) electrons. The quantitative estimate of drug-likeness (QED) is 0.557. The molecule has 7 heteroatoms. The molecule has 20 heavy (non-hydrogen) atoms. The molecule has 1 heterocycles. The van der Waals surface area contributed by atoms with E-state index >= 15 is 0 Å². The van der Waals surface area contributed by atoms with Crippen molar-refractivity contribution in [2.75, 3.05) is 6.61 Å². The van der Waals surface area contributed by atoms with Crippen molar-refractivity contribution >= 4 is 18.5 Å². The molecule has 1 atom stereocenters. The summed E-state index contributed by atoms with van der Waals surface area (Å²) in [5, 5.41) is 0. The Morgan fingerprint density at radius 3 is 2.60 bits per heavy atom. The summed E-state index contributed by atoms with van der Waals surface area (Å²) in [4.78, 5) is 8.70. The molecule has 1 aromatic heterocycles. The van der Waals surface area contributed by atoms with Gasteiger partial charge in [-0.25, -0.2) is 4.98 Å². The Hall–Kier alpha value is -0.970. The smallest absolute Gasteiger partial charge is 0.421 e. The zero-order valence-electron chi connectivity index (χ0n) is 12.5. The molecule has 1 unspecified atom stereocenters. The number of rotatable bonds is 7. The zero-order valence-corrected chi connectivity index (χ0v) is 14.3. The zero-order chi connectivity index (χ0) is 15.3. The highest BCUT2D eigenvalue weighted by molar-refractivity contribution is 8.07. The molecule has 0 spiro atoms. The molecule has 0 aliphatic heterocycles. The number of hydrogen-bond donors (Lipinski definition) is 0. The summed E-state index contributed by atoms with van der Waals surface area (Å²) in [6.45, 7) is 10.6. The maximum Gasteiger partial charge on any atom is 0.435 e. The normalized spacial score (nSPS) is 13.9. The largest absolute Gasteiger partial charge is 0.435 e. The third-order valence-electron chi connectivity index (χ3n) is 2.12. The predicted molar refractivity (Wildman–Crippen MR) is 83.3 cm³/mol. The highest BCUT2D eigenvalue weighted by Crippen LogP contribution is 2.51.